The van der Waals surface area contributed by atoms with Gasteiger partial charge in [0.15, 0.2) is 0 Å². The van der Waals surface area contributed by atoms with E-state index >= 15 is 0 Å². The molecular formula is C17H18N4O6. The summed E-state index contributed by atoms with van der Waals surface area (Å²) in [6.45, 7) is 2.70. The van der Waals surface area contributed by atoms with E-state index in [9.17, 15) is 25.0 Å². The Morgan fingerprint density at radius 1 is 1.19 bits per heavy atom. The number of hydrogen-bond donors (Lipinski definition) is 1. The Hall–Kier alpha value is -3.43. The number of aryl methyl sites for hydroxylation is 1. The van der Waals surface area contributed by atoms with Crippen molar-refractivity contribution in [1.29, 1.82) is 0 Å². The lowest BCUT2D eigenvalue weighted by atomic mass is 10.0. The lowest BCUT2D eigenvalue weighted by Gasteiger charge is -2.33. The van der Waals surface area contributed by atoms with Crippen LogP contribution < -0.4 is 10.2 Å². The number of non-ortho nitro benzene ring substituents is 1. The second-order valence-corrected chi connectivity index (χ2v) is 6.31. The van der Waals surface area contributed by atoms with Gasteiger partial charge in [0, 0.05) is 25.2 Å². The number of carbonyl (C=O) groups is 1. The molecule has 1 aliphatic heterocycles. The second-order valence-electron chi connectivity index (χ2n) is 6.31. The van der Waals surface area contributed by atoms with E-state index < -0.39 is 9.85 Å². The predicted octanol–water partition coefficient (Wildman–Crippen LogP) is 2.80. The van der Waals surface area contributed by atoms with Crippen LogP contribution in [0.2, 0.25) is 0 Å². The van der Waals surface area contributed by atoms with E-state index in [1.807, 2.05) is 4.90 Å². The van der Waals surface area contributed by atoms with Gasteiger partial charge in [0.2, 0.25) is 0 Å². The summed E-state index contributed by atoms with van der Waals surface area (Å²) in [6, 6.07) is 5.20. The lowest BCUT2D eigenvalue weighted by molar-refractivity contribution is -0.393. The summed E-state index contributed by atoms with van der Waals surface area (Å²) in [7, 11) is 0. The first-order valence-corrected chi connectivity index (χ1v) is 8.39. The third-order valence-electron chi connectivity index (χ3n) is 4.64. The highest BCUT2D eigenvalue weighted by Crippen LogP contribution is 2.33. The van der Waals surface area contributed by atoms with Gasteiger partial charge >= 0.3 is 0 Å². The number of amides is 1. The fraction of sp³-hybridized carbons (Fsp3) is 0.353. The summed E-state index contributed by atoms with van der Waals surface area (Å²) < 4.78 is 5.13. The highest BCUT2D eigenvalue weighted by atomic mass is 16.6. The molecule has 2 heterocycles. The summed E-state index contributed by atoms with van der Waals surface area (Å²) in [5.74, 6) is 0.340. The molecule has 27 heavy (non-hydrogen) atoms. The Labute approximate surface area is 154 Å². The van der Waals surface area contributed by atoms with Gasteiger partial charge in [-0.2, -0.15) is 0 Å². The van der Waals surface area contributed by atoms with Crippen LogP contribution in [-0.4, -0.2) is 34.9 Å². The van der Waals surface area contributed by atoms with E-state index in [-0.39, 0.29) is 23.3 Å². The van der Waals surface area contributed by atoms with Crippen LogP contribution in [0.25, 0.3) is 0 Å². The van der Waals surface area contributed by atoms with Crippen LogP contribution in [0, 0.1) is 27.2 Å². The van der Waals surface area contributed by atoms with Crippen molar-refractivity contribution >= 4 is 23.0 Å². The molecule has 1 amide bonds. The molecule has 1 fully saturated rings. The number of benzene rings is 1. The number of nitrogens with one attached hydrogen (secondary N) is 1. The fourth-order valence-corrected chi connectivity index (χ4v) is 3.19. The minimum absolute atomic E-state index is 0.0554. The number of nitro groups is 2. The Kier molecular flexibility index (Phi) is 5.06. The van der Waals surface area contributed by atoms with Gasteiger partial charge in [0.1, 0.15) is 11.4 Å². The molecule has 1 N–H and O–H groups in total. The Bertz CT molecular complexity index is 885. The molecule has 10 nitrogen and oxygen atoms in total. The number of carbonyl (C=O) groups excluding carboxylic acids is 1. The molecule has 1 aromatic carbocycles. The zero-order chi connectivity index (χ0) is 19.6. The minimum Gasteiger partial charge on any atom is -0.469 e. The number of anilines is 1. The summed E-state index contributed by atoms with van der Waals surface area (Å²) in [5, 5.41) is 25.1. The van der Waals surface area contributed by atoms with Crippen LogP contribution in [0.3, 0.4) is 0 Å². The van der Waals surface area contributed by atoms with Crippen molar-refractivity contribution in [3.8, 4) is 0 Å². The van der Waals surface area contributed by atoms with Crippen LogP contribution >= 0.6 is 0 Å². The van der Waals surface area contributed by atoms with Crippen LogP contribution in [-0.2, 0) is 0 Å². The van der Waals surface area contributed by atoms with Gasteiger partial charge < -0.3 is 14.6 Å². The van der Waals surface area contributed by atoms with Crippen molar-refractivity contribution in [2.75, 3.05) is 18.0 Å². The lowest BCUT2D eigenvalue weighted by Crippen LogP contribution is -2.44. The molecular weight excluding hydrogens is 356 g/mol. The smallest absolute Gasteiger partial charge is 0.299 e. The first-order chi connectivity index (χ1) is 12.9. The number of nitrogens with zero attached hydrogens (tertiary/aromatic N) is 3. The Morgan fingerprint density at radius 3 is 2.44 bits per heavy atom. The molecule has 10 heteroatoms. The number of piperidine rings is 1. The van der Waals surface area contributed by atoms with Gasteiger partial charge in [-0.15, -0.1) is 0 Å². The van der Waals surface area contributed by atoms with E-state index in [1.165, 1.54) is 18.4 Å². The summed E-state index contributed by atoms with van der Waals surface area (Å²) in [6.07, 6.45) is 2.67. The van der Waals surface area contributed by atoms with Crippen molar-refractivity contribution in [2.45, 2.75) is 25.8 Å². The Morgan fingerprint density at radius 2 is 1.89 bits per heavy atom. The zero-order valence-electron chi connectivity index (χ0n) is 14.6. The van der Waals surface area contributed by atoms with E-state index in [0.29, 0.717) is 42.9 Å². The third kappa shape index (κ3) is 3.89. The normalized spacial score (nSPS) is 14.8. The predicted molar refractivity (Wildman–Crippen MR) is 95.9 cm³/mol. The van der Waals surface area contributed by atoms with Crippen molar-refractivity contribution in [2.24, 2.45) is 0 Å². The van der Waals surface area contributed by atoms with E-state index in [0.717, 1.165) is 6.07 Å². The highest BCUT2D eigenvalue weighted by Gasteiger charge is 2.28. The highest BCUT2D eigenvalue weighted by molar-refractivity contribution is 5.95. The van der Waals surface area contributed by atoms with Gasteiger partial charge in [-0.25, -0.2) is 0 Å². The van der Waals surface area contributed by atoms with E-state index in [1.54, 1.807) is 13.0 Å². The van der Waals surface area contributed by atoms with Crippen LogP contribution in [0.4, 0.5) is 17.1 Å². The largest absolute Gasteiger partial charge is 0.469 e. The molecule has 0 saturated carbocycles. The molecule has 0 radical (unpaired) electrons. The molecule has 1 saturated heterocycles. The molecule has 142 valence electrons. The van der Waals surface area contributed by atoms with Crippen LogP contribution in [0.5, 0.6) is 0 Å². The zero-order valence-corrected chi connectivity index (χ0v) is 14.6. The second kappa shape index (κ2) is 7.44. The molecule has 0 atom stereocenters. The number of hydrogen-bond acceptors (Lipinski definition) is 7. The van der Waals surface area contributed by atoms with E-state index in [4.69, 9.17) is 4.42 Å². The van der Waals surface area contributed by atoms with Crippen molar-refractivity contribution in [1.82, 2.24) is 5.32 Å². The maximum absolute atomic E-state index is 12.3. The maximum Gasteiger partial charge on any atom is 0.299 e. The fourth-order valence-electron chi connectivity index (χ4n) is 3.19. The minimum atomic E-state index is -0.656. The number of rotatable bonds is 5. The monoisotopic (exact) mass is 374 g/mol. The average Bonchev–Trinajstić information content (AvgIpc) is 3.08. The van der Waals surface area contributed by atoms with Crippen LogP contribution in [0.1, 0.15) is 29.0 Å². The van der Waals surface area contributed by atoms with Crippen LogP contribution in [0.15, 0.2) is 34.9 Å². The molecule has 0 unspecified atom stereocenters. The van der Waals surface area contributed by atoms with Gasteiger partial charge in [-0.05, 0) is 31.9 Å². The number of furan rings is 1. The van der Waals surface area contributed by atoms with Crippen molar-refractivity contribution in [3.05, 3.63) is 62.1 Å². The molecule has 3 rings (SSSR count). The maximum atomic E-state index is 12.3. The summed E-state index contributed by atoms with van der Waals surface area (Å²) >= 11 is 0. The topological polar surface area (TPSA) is 132 Å². The Balaban J connectivity index is 1.67. The third-order valence-corrected chi connectivity index (χ3v) is 4.64. The van der Waals surface area contributed by atoms with Gasteiger partial charge in [-0.3, -0.25) is 25.0 Å². The molecule has 0 spiro atoms. The first kappa shape index (κ1) is 18.4. The summed E-state index contributed by atoms with van der Waals surface area (Å²) in [4.78, 5) is 35.0. The standard InChI is InChI=1S/C17H18N4O6/c1-11-14(6-9-27-11)17(22)18-12-4-7-19(8-5-12)15-3-2-13(20(23)24)10-16(15)21(25)26/h2-3,6,9-10,12H,4-5,7-8H2,1H3,(H,18,22). The molecule has 0 bridgehead atoms. The quantitative estimate of drug-likeness (QED) is 0.628. The van der Waals surface area contributed by atoms with Gasteiger partial charge in [0.25, 0.3) is 17.3 Å². The van der Waals surface area contributed by atoms with Gasteiger partial charge in [0.05, 0.1) is 27.7 Å². The molecule has 1 aromatic heterocycles. The van der Waals surface area contributed by atoms with Gasteiger partial charge in [-0.1, -0.05) is 0 Å². The van der Waals surface area contributed by atoms with Crippen molar-refractivity contribution < 1.29 is 19.1 Å². The average molecular weight is 374 g/mol. The molecule has 1 aliphatic rings. The summed E-state index contributed by atoms with van der Waals surface area (Å²) in [5.41, 5.74) is 0.230. The van der Waals surface area contributed by atoms with Crippen molar-refractivity contribution in [3.63, 3.8) is 0 Å². The molecule has 0 aliphatic carbocycles. The number of nitro benzene ring substituents is 2. The SMILES string of the molecule is Cc1occc1C(=O)NC1CCN(c2ccc([N+](=O)[O-])cc2[N+](=O)[O-])CC1. The molecule has 2 aromatic rings. The van der Waals surface area contributed by atoms with E-state index in [2.05, 4.69) is 5.32 Å². The first-order valence-electron chi connectivity index (χ1n) is 8.39.